The fourth-order valence-electron chi connectivity index (χ4n) is 2.14. The van der Waals surface area contributed by atoms with Gasteiger partial charge in [-0.15, -0.1) is 0 Å². The van der Waals surface area contributed by atoms with Crippen LogP contribution in [0.2, 0.25) is 0 Å². The zero-order chi connectivity index (χ0) is 15.3. The molecule has 1 aliphatic carbocycles. The van der Waals surface area contributed by atoms with E-state index in [9.17, 15) is 4.79 Å². The van der Waals surface area contributed by atoms with Crippen LogP contribution in [0.15, 0.2) is 4.99 Å². The van der Waals surface area contributed by atoms with Crippen molar-refractivity contribution < 1.29 is 4.79 Å². The molecule has 0 aromatic rings. The molecule has 0 heterocycles. The van der Waals surface area contributed by atoms with Crippen LogP contribution < -0.4 is 16.4 Å². The molecule has 1 rings (SSSR count). The largest absolute Gasteiger partial charge is 0.370 e. The Morgan fingerprint density at radius 1 is 1.14 bits per heavy atom. The quantitative estimate of drug-likeness (QED) is 0.294. The minimum Gasteiger partial charge on any atom is -0.370 e. The normalized spacial score (nSPS) is 15.0. The zero-order valence-electron chi connectivity index (χ0n) is 13.5. The summed E-state index contributed by atoms with van der Waals surface area (Å²) < 4.78 is 0. The van der Waals surface area contributed by atoms with Crippen LogP contribution in [0.25, 0.3) is 0 Å². The van der Waals surface area contributed by atoms with E-state index in [0.29, 0.717) is 25.0 Å². The summed E-state index contributed by atoms with van der Waals surface area (Å²) in [4.78, 5) is 15.7. The molecule has 0 saturated heterocycles. The number of hydrogen-bond acceptors (Lipinski definition) is 2. The molecule has 122 valence electrons. The highest BCUT2D eigenvalue weighted by Gasteiger charge is 2.22. The summed E-state index contributed by atoms with van der Waals surface area (Å²) in [6, 6.07) is 0.449. The maximum absolute atomic E-state index is 11.5. The van der Waals surface area contributed by atoms with E-state index >= 15 is 0 Å². The molecule has 1 saturated carbocycles. The molecule has 0 unspecified atom stereocenters. The lowest BCUT2D eigenvalue weighted by atomic mass is 10.1. The van der Waals surface area contributed by atoms with Crippen molar-refractivity contribution in [3.63, 3.8) is 0 Å². The Morgan fingerprint density at radius 2 is 1.86 bits per heavy atom. The van der Waals surface area contributed by atoms with Crippen molar-refractivity contribution in [1.82, 2.24) is 10.6 Å². The third-order valence-electron chi connectivity index (χ3n) is 3.62. The zero-order valence-corrected chi connectivity index (χ0v) is 13.5. The predicted molar refractivity (Wildman–Crippen MR) is 88.3 cm³/mol. The fraction of sp³-hybridized carbons (Fsp3) is 0.875. The van der Waals surface area contributed by atoms with Crippen LogP contribution in [0.4, 0.5) is 0 Å². The first kappa shape index (κ1) is 17.8. The monoisotopic (exact) mass is 296 g/mol. The number of carbonyl (C=O) groups excluding carboxylic acids is 1. The molecular formula is C16H32N4O. The summed E-state index contributed by atoms with van der Waals surface area (Å²) in [5.74, 6) is 0.650. The molecule has 5 heteroatoms. The highest BCUT2D eigenvalue weighted by atomic mass is 16.1. The van der Waals surface area contributed by atoms with Crippen LogP contribution in [0.3, 0.4) is 0 Å². The number of hydrogen-bond donors (Lipinski definition) is 3. The van der Waals surface area contributed by atoms with Gasteiger partial charge in [0.2, 0.25) is 5.91 Å². The van der Waals surface area contributed by atoms with Gasteiger partial charge < -0.3 is 16.4 Å². The molecule has 0 aliphatic heterocycles. The summed E-state index contributed by atoms with van der Waals surface area (Å²) in [6.45, 7) is 3.74. The van der Waals surface area contributed by atoms with Crippen LogP contribution in [0.5, 0.6) is 0 Å². The van der Waals surface area contributed by atoms with Crippen LogP contribution in [0, 0.1) is 0 Å². The number of aliphatic imine (C=N–C) groups is 1. The number of amides is 1. The van der Waals surface area contributed by atoms with Gasteiger partial charge >= 0.3 is 0 Å². The molecule has 1 amide bonds. The third-order valence-corrected chi connectivity index (χ3v) is 3.62. The van der Waals surface area contributed by atoms with Gasteiger partial charge in [-0.3, -0.25) is 9.79 Å². The number of rotatable bonds is 12. The van der Waals surface area contributed by atoms with E-state index < -0.39 is 0 Å². The second kappa shape index (κ2) is 11.4. The Labute approximate surface area is 129 Å². The molecule has 0 aromatic heterocycles. The molecule has 0 radical (unpaired) electrons. The third kappa shape index (κ3) is 11.1. The van der Waals surface area contributed by atoms with Crippen molar-refractivity contribution in [2.24, 2.45) is 10.7 Å². The molecule has 0 spiro atoms. The van der Waals surface area contributed by atoms with Crippen molar-refractivity contribution >= 4 is 11.9 Å². The average Bonchev–Trinajstić information content (AvgIpc) is 3.26. The molecule has 0 atom stereocenters. The van der Waals surface area contributed by atoms with E-state index in [0.717, 1.165) is 32.2 Å². The second-order valence-electron chi connectivity index (χ2n) is 5.91. The van der Waals surface area contributed by atoms with E-state index in [1.807, 2.05) is 0 Å². The summed E-state index contributed by atoms with van der Waals surface area (Å²) in [5.41, 5.74) is 5.78. The first-order valence-corrected chi connectivity index (χ1v) is 8.55. The molecule has 5 nitrogen and oxygen atoms in total. The summed E-state index contributed by atoms with van der Waals surface area (Å²) in [6.07, 6.45) is 11.2. The van der Waals surface area contributed by atoms with Gasteiger partial charge in [0.25, 0.3) is 0 Å². The maximum Gasteiger partial charge on any atom is 0.220 e. The van der Waals surface area contributed by atoms with Gasteiger partial charge in [-0.1, -0.05) is 39.0 Å². The van der Waals surface area contributed by atoms with Crippen molar-refractivity contribution in [3.8, 4) is 0 Å². The Balaban J connectivity index is 1.88. The van der Waals surface area contributed by atoms with Crippen LogP contribution in [-0.4, -0.2) is 31.0 Å². The predicted octanol–water partition coefficient (Wildman–Crippen LogP) is 2.31. The minimum atomic E-state index is 0.145. The van der Waals surface area contributed by atoms with Crippen molar-refractivity contribution in [1.29, 1.82) is 0 Å². The van der Waals surface area contributed by atoms with E-state index in [1.165, 1.54) is 32.1 Å². The van der Waals surface area contributed by atoms with Crippen LogP contribution >= 0.6 is 0 Å². The molecule has 1 fully saturated rings. The van der Waals surface area contributed by atoms with Gasteiger partial charge in [0.1, 0.15) is 0 Å². The minimum absolute atomic E-state index is 0.145. The van der Waals surface area contributed by atoms with Crippen molar-refractivity contribution in [2.75, 3.05) is 13.1 Å². The maximum atomic E-state index is 11.5. The van der Waals surface area contributed by atoms with Gasteiger partial charge in [0.15, 0.2) is 5.96 Å². The van der Waals surface area contributed by atoms with Gasteiger partial charge in [0.05, 0.1) is 0 Å². The van der Waals surface area contributed by atoms with Crippen LogP contribution in [0.1, 0.15) is 71.1 Å². The second-order valence-corrected chi connectivity index (χ2v) is 5.91. The number of nitrogens with one attached hydrogen (secondary N) is 2. The fourth-order valence-corrected chi connectivity index (χ4v) is 2.14. The molecule has 4 N–H and O–H groups in total. The van der Waals surface area contributed by atoms with E-state index in [1.54, 1.807) is 0 Å². The number of guanidine groups is 1. The lowest BCUT2D eigenvalue weighted by Gasteiger charge is -2.06. The van der Waals surface area contributed by atoms with Gasteiger partial charge in [-0.05, 0) is 25.7 Å². The molecule has 1 aliphatic rings. The number of carbonyl (C=O) groups is 1. The molecule has 0 bridgehead atoms. The number of unbranched alkanes of at least 4 members (excludes halogenated alkanes) is 5. The number of nitrogens with two attached hydrogens (primary N) is 1. The average molecular weight is 296 g/mol. The van der Waals surface area contributed by atoms with Gasteiger partial charge in [-0.25, -0.2) is 0 Å². The van der Waals surface area contributed by atoms with E-state index in [4.69, 9.17) is 5.73 Å². The molecule has 0 aromatic carbocycles. The Hall–Kier alpha value is -1.26. The summed E-state index contributed by atoms with van der Waals surface area (Å²) >= 11 is 0. The molecule has 21 heavy (non-hydrogen) atoms. The van der Waals surface area contributed by atoms with Crippen LogP contribution in [-0.2, 0) is 4.79 Å². The molecular weight excluding hydrogens is 264 g/mol. The van der Waals surface area contributed by atoms with E-state index in [2.05, 4.69) is 22.5 Å². The van der Waals surface area contributed by atoms with Crippen molar-refractivity contribution in [2.45, 2.75) is 77.2 Å². The SMILES string of the molecule is CCCCCCCCNC(N)=NCCCC(=O)NC1CC1. The number of nitrogens with zero attached hydrogens (tertiary/aromatic N) is 1. The summed E-state index contributed by atoms with van der Waals surface area (Å²) in [5, 5.41) is 6.10. The topological polar surface area (TPSA) is 79.5 Å². The Bertz CT molecular complexity index is 313. The van der Waals surface area contributed by atoms with E-state index in [-0.39, 0.29) is 5.91 Å². The first-order chi connectivity index (χ1) is 10.2. The summed E-state index contributed by atoms with van der Waals surface area (Å²) in [7, 11) is 0. The smallest absolute Gasteiger partial charge is 0.220 e. The lowest BCUT2D eigenvalue weighted by Crippen LogP contribution is -2.32. The first-order valence-electron chi connectivity index (χ1n) is 8.55. The lowest BCUT2D eigenvalue weighted by molar-refractivity contribution is -0.121. The standard InChI is InChI=1S/C16H32N4O/c1-2-3-4-5-6-7-12-18-16(17)19-13-8-9-15(21)20-14-10-11-14/h14H,2-13H2,1H3,(H,20,21)(H3,17,18,19). The highest BCUT2D eigenvalue weighted by molar-refractivity contribution is 5.78. The van der Waals surface area contributed by atoms with Gasteiger partial charge in [-0.2, -0.15) is 0 Å². The Kier molecular flexibility index (Phi) is 9.66. The highest BCUT2D eigenvalue weighted by Crippen LogP contribution is 2.18. The van der Waals surface area contributed by atoms with Gasteiger partial charge in [0, 0.05) is 25.6 Å². The van der Waals surface area contributed by atoms with Crippen molar-refractivity contribution in [3.05, 3.63) is 0 Å². The Morgan fingerprint density at radius 3 is 2.57 bits per heavy atom.